The number of amides is 1. The van der Waals surface area contributed by atoms with Gasteiger partial charge in [0.25, 0.3) is 0 Å². The largest absolute Gasteiger partial charge is 0.288 e. The number of fused-ring (bicyclic) bond motifs is 1. The molecule has 3 nitrogen and oxygen atoms in total. The Morgan fingerprint density at radius 1 is 1.35 bits per heavy atom. The standard InChI is InChI=1S/C17H18N2OS3/c1-3-16(20)19(9-8-12-5-4-10-22-12)17-18-14-7-6-13(21-2)11-15(14)23-17/h4-7,10-11H,3,8-9H2,1-2H3. The van der Waals surface area contributed by atoms with E-state index in [1.807, 2.05) is 24.0 Å². The van der Waals surface area contributed by atoms with Crippen LogP contribution in [-0.2, 0) is 11.2 Å². The molecule has 3 rings (SSSR count). The first-order chi connectivity index (χ1) is 11.2. The van der Waals surface area contributed by atoms with Crippen molar-refractivity contribution in [1.82, 2.24) is 4.98 Å². The molecule has 0 bridgehead atoms. The third-order valence-corrected chi connectivity index (χ3v) is 6.28. The summed E-state index contributed by atoms with van der Waals surface area (Å²) in [6, 6.07) is 10.4. The second kappa shape index (κ2) is 7.47. The number of anilines is 1. The normalized spacial score (nSPS) is 11.0. The zero-order valence-corrected chi connectivity index (χ0v) is 15.6. The van der Waals surface area contributed by atoms with Crippen LogP contribution >= 0.6 is 34.4 Å². The molecule has 1 aromatic carbocycles. The molecular formula is C17H18N2OS3. The number of carbonyl (C=O) groups excluding carboxylic acids is 1. The van der Waals surface area contributed by atoms with Gasteiger partial charge in [0.15, 0.2) is 5.13 Å². The number of aromatic nitrogens is 1. The Labute approximate surface area is 148 Å². The van der Waals surface area contributed by atoms with E-state index in [2.05, 4.69) is 34.8 Å². The highest BCUT2D eigenvalue weighted by Crippen LogP contribution is 2.32. The molecule has 3 aromatic rings. The van der Waals surface area contributed by atoms with E-state index < -0.39 is 0 Å². The zero-order valence-electron chi connectivity index (χ0n) is 13.1. The van der Waals surface area contributed by atoms with Crippen molar-refractivity contribution < 1.29 is 4.79 Å². The number of hydrogen-bond donors (Lipinski definition) is 0. The Hall–Kier alpha value is -1.37. The van der Waals surface area contributed by atoms with Crippen molar-refractivity contribution >= 4 is 55.7 Å². The highest BCUT2D eigenvalue weighted by Gasteiger charge is 2.18. The average Bonchev–Trinajstić information content (AvgIpc) is 3.23. The van der Waals surface area contributed by atoms with E-state index >= 15 is 0 Å². The zero-order chi connectivity index (χ0) is 16.2. The quantitative estimate of drug-likeness (QED) is 0.574. The average molecular weight is 363 g/mol. The fourth-order valence-corrected chi connectivity index (χ4v) is 4.59. The van der Waals surface area contributed by atoms with Crippen LogP contribution in [0.25, 0.3) is 10.2 Å². The van der Waals surface area contributed by atoms with Gasteiger partial charge < -0.3 is 0 Å². The molecule has 2 aromatic heterocycles. The van der Waals surface area contributed by atoms with Crippen molar-refractivity contribution in [3.05, 3.63) is 40.6 Å². The number of thioether (sulfide) groups is 1. The maximum Gasteiger partial charge on any atom is 0.228 e. The molecule has 0 radical (unpaired) electrons. The SMILES string of the molecule is CCC(=O)N(CCc1cccs1)c1nc2ccc(SC)cc2s1. The number of nitrogens with zero attached hydrogens (tertiary/aromatic N) is 2. The second-order valence-corrected chi connectivity index (χ2v) is 7.98. The number of carbonyl (C=O) groups is 1. The summed E-state index contributed by atoms with van der Waals surface area (Å²) in [5.41, 5.74) is 0.966. The van der Waals surface area contributed by atoms with Crippen molar-refractivity contribution in [3.63, 3.8) is 0 Å². The van der Waals surface area contributed by atoms with Crippen LogP contribution in [0, 0.1) is 0 Å². The minimum Gasteiger partial charge on any atom is -0.288 e. The Bertz CT molecular complexity index is 795. The molecule has 0 saturated heterocycles. The van der Waals surface area contributed by atoms with Gasteiger partial charge in [-0.25, -0.2) is 4.98 Å². The minimum atomic E-state index is 0.130. The van der Waals surface area contributed by atoms with E-state index in [9.17, 15) is 4.79 Å². The van der Waals surface area contributed by atoms with Crippen molar-refractivity contribution in [2.45, 2.75) is 24.7 Å². The summed E-state index contributed by atoms with van der Waals surface area (Å²) in [6.07, 6.45) is 3.43. The van der Waals surface area contributed by atoms with Crippen molar-refractivity contribution in [3.8, 4) is 0 Å². The van der Waals surface area contributed by atoms with Crippen LogP contribution in [0.4, 0.5) is 5.13 Å². The van der Waals surface area contributed by atoms with Crippen LogP contribution in [0.2, 0.25) is 0 Å². The van der Waals surface area contributed by atoms with Crippen LogP contribution in [-0.4, -0.2) is 23.7 Å². The number of thiophene rings is 1. The second-order valence-electron chi connectivity index (χ2n) is 5.06. The molecule has 0 aliphatic carbocycles. The molecule has 0 fully saturated rings. The van der Waals surface area contributed by atoms with Gasteiger partial charge in [0.2, 0.25) is 5.91 Å². The first-order valence-electron chi connectivity index (χ1n) is 7.48. The molecule has 120 valence electrons. The number of thiazole rings is 1. The molecular weight excluding hydrogens is 344 g/mol. The van der Waals surface area contributed by atoms with Gasteiger partial charge in [-0.2, -0.15) is 0 Å². The Balaban J connectivity index is 1.87. The van der Waals surface area contributed by atoms with Crippen molar-refractivity contribution in [1.29, 1.82) is 0 Å². The summed E-state index contributed by atoms with van der Waals surface area (Å²) in [6.45, 7) is 2.59. The van der Waals surface area contributed by atoms with Gasteiger partial charge in [-0.15, -0.1) is 23.1 Å². The predicted octanol–water partition coefficient (Wildman–Crippen LogP) is 5.07. The lowest BCUT2D eigenvalue weighted by molar-refractivity contribution is -0.118. The van der Waals surface area contributed by atoms with E-state index in [4.69, 9.17) is 0 Å². The molecule has 1 amide bonds. The number of rotatable bonds is 6. The first kappa shape index (κ1) is 16.5. The molecule has 0 spiro atoms. The van der Waals surface area contributed by atoms with Crippen LogP contribution in [0.1, 0.15) is 18.2 Å². The lowest BCUT2D eigenvalue weighted by Crippen LogP contribution is -2.32. The lowest BCUT2D eigenvalue weighted by atomic mass is 10.3. The van der Waals surface area contributed by atoms with E-state index in [-0.39, 0.29) is 5.91 Å². The summed E-state index contributed by atoms with van der Waals surface area (Å²) in [5, 5.41) is 2.88. The van der Waals surface area contributed by atoms with Gasteiger partial charge >= 0.3 is 0 Å². The summed E-state index contributed by atoms with van der Waals surface area (Å²) >= 11 is 5.05. The number of hydrogen-bond acceptors (Lipinski definition) is 5. The smallest absolute Gasteiger partial charge is 0.228 e. The molecule has 6 heteroatoms. The molecule has 2 heterocycles. The third kappa shape index (κ3) is 3.76. The predicted molar refractivity (Wildman–Crippen MR) is 102 cm³/mol. The Morgan fingerprint density at radius 3 is 2.91 bits per heavy atom. The van der Waals surface area contributed by atoms with E-state index in [0.29, 0.717) is 13.0 Å². The highest BCUT2D eigenvalue weighted by molar-refractivity contribution is 7.98. The molecule has 0 aliphatic rings. The van der Waals surface area contributed by atoms with Gasteiger partial charge in [-0.1, -0.05) is 24.3 Å². The maximum absolute atomic E-state index is 12.4. The summed E-state index contributed by atoms with van der Waals surface area (Å²) in [7, 11) is 0. The summed E-state index contributed by atoms with van der Waals surface area (Å²) in [5.74, 6) is 0.130. The van der Waals surface area contributed by atoms with Crippen LogP contribution in [0.3, 0.4) is 0 Å². The monoisotopic (exact) mass is 362 g/mol. The molecule has 23 heavy (non-hydrogen) atoms. The van der Waals surface area contributed by atoms with Crippen LogP contribution in [0.15, 0.2) is 40.6 Å². The molecule has 0 unspecified atom stereocenters. The molecule has 0 N–H and O–H groups in total. The Kier molecular flexibility index (Phi) is 5.35. The summed E-state index contributed by atoms with van der Waals surface area (Å²) in [4.78, 5) is 21.4. The van der Waals surface area contributed by atoms with E-state index in [1.54, 1.807) is 34.4 Å². The fourth-order valence-electron chi connectivity index (χ4n) is 2.33. The van der Waals surface area contributed by atoms with Gasteiger partial charge in [0.1, 0.15) is 0 Å². The van der Waals surface area contributed by atoms with Crippen molar-refractivity contribution in [2.24, 2.45) is 0 Å². The maximum atomic E-state index is 12.4. The Morgan fingerprint density at radius 2 is 2.22 bits per heavy atom. The van der Waals surface area contributed by atoms with Gasteiger partial charge in [-0.3, -0.25) is 9.69 Å². The van der Waals surface area contributed by atoms with Gasteiger partial charge in [0, 0.05) is 22.7 Å². The molecule has 0 saturated carbocycles. The first-order valence-corrected chi connectivity index (χ1v) is 10.4. The van der Waals surface area contributed by atoms with Crippen LogP contribution < -0.4 is 4.90 Å². The van der Waals surface area contributed by atoms with Crippen molar-refractivity contribution in [2.75, 3.05) is 17.7 Å². The third-order valence-electron chi connectivity index (χ3n) is 3.58. The highest BCUT2D eigenvalue weighted by atomic mass is 32.2. The van der Waals surface area contributed by atoms with E-state index in [1.165, 1.54) is 9.77 Å². The lowest BCUT2D eigenvalue weighted by Gasteiger charge is -2.18. The number of benzene rings is 1. The summed E-state index contributed by atoms with van der Waals surface area (Å²) < 4.78 is 1.14. The fraction of sp³-hybridized carbons (Fsp3) is 0.294. The molecule has 0 aliphatic heterocycles. The molecule has 0 atom stereocenters. The minimum absolute atomic E-state index is 0.130. The van der Waals surface area contributed by atoms with E-state index in [0.717, 1.165) is 21.8 Å². The topological polar surface area (TPSA) is 33.2 Å². The van der Waals surface area contributed by atoms with Crippen LogP contribution in [0.5, 0.6) is 0 Å². The van der Waals surface area contributed by atoms with Gasteiger partial charge in [-0.05, 0) is 42.3 Å². The van der Waals surface area contributed by atoms with Gasteiger partial charge in [0.05, 0.1) is 10.2 Å².